The van der Waals surface area contributed by atoms with Crippen LogP contribution in [0.4, 0.5) is 0 Å². The zero-order valence-corrected chi connectivity index (χ0v) is 16.1. The van der Waals surface area contributed by atoms with E-state index in [4.69, 9.17) is 14.2 Å². The van der Waals surface area contributed by atoms with Gasteiger partial charge in [0.25, 0.3) is 5.91 Å². The van der Waals surface area contributed by atoms with Crippen molar-refractivity contribution in [1.29, 1.82) is 0 Å². The Morgan fingerprint density at radius 2 is 2.15 bits per heavy atom. The Morgan fingerprint density at radius 3 is 2.93 bits per heavy atom. The van der Waals surface area contributed by atoms with Gasteiger partial charge >= 0.3 is 0 Å². The number of aryl methyl sites for hydroxylation is 1. The van der Waals surface area contributed by atoms with Crippen molar-refractivity contribution in [3.05, 3.63) is 46.1 Å². The largest absolute Gasteiger partial charge is 0.491 e. The minimum atomic E-state index is -0.171. The van der Waals surface area contributed by atoms with Gasteiger partial charge in [0, 0.05) is 12.7 Å². The molecule has 0 saturated carbocycles. The number of aromatic nitrogens is 2. The summed E-state index contributed by atoms with van der Waals surface area (Å²) in [5.74, 6) is 1.63. The Labute approximate surface area is 160 Å². The Kier molecular flexibility index (Phi) is 4.67. The minimum Gasteiger partial charge on any atom is -0.491 e. The number of nitrogens with one attached hydrogen (secondary N) is 1. The lowest BCUT2D eigenvalue weighted by Gasteiger charge is -2.11. The number of thiophene rings is 1. The summed E-state index contributed by atoms with van der Waals surface area (Å²) in [7, 11) is 3.14. The number of carbonyl (C=O) groups is 1. The SMILES string of the molecule is COCc1nc(OC)c2c(C)c(C(=O)N[C@H]3COc4ccccc43)sc2n1. The normalized spacial score (nSPS) is 15.4. The fraction of sp³-hybridized carbons (Fsp3) is 0.316. The van der Waals surface area contributed by atoms with Crippen LogP contribution in [0, 0.1) is 6.92 Å². The first-order valence-corrected chi connectivity index (χ1v) is 9.29. The van der Waals surface area contributed by atoms with Crippen molar-refractivity contribution in [1.82, 2.24) is 15.3 Å². The molecule has 1 aliphatic heterocycles. The van der Waals surface area contributed by atoms with Gasteiger partial charge in [-0.15, -0.1) is 11.3 Å². The highest BCUT2D eigenvalue weighted by molar-refractivity contribution is 7.20. The highest BCUT2D eigenvalue weighted by Gasteiger charge is 2.28. The van der Waals surface area contributed by atoms with Gasteiger partial charge in [0.1, 0.15) is 23.8 Å². The lowest BCUT2D eigenvalue weighted by Crippen LogP contribution is -2.29. The van der Waals surface area contributed by atoms with Gasteiger partial charge in [-0.3, -0.25) is 4.79 Å². The number of methoxy groups -OCH3 is 2. The molecular weight excluding hydrogens is 366 g/mol. The average molecular weight is 385 g/mol. The maximum absolute atomic E-state index is 12.9. The van der Waals surface area contributed by atoms with Gasteiger partial charge in [0.05, 0.1) is 23.4 Å². The molecule has 1 aliphatic rings. The smallest absolute Gasteiger partial charge is 0.262 e. The van der Waals surface area contributed by atoms with Gasteiger partial charge in [0.2, 0.25) is 5.88 Å². The maximum atomic E-state index is 12.9. The van der Waals surface area contributed by atoms with Gasteiger partial charge in [-0.1, -0.05) is 18.2 Å². The van der Waals surface area contributed by atoms with Gasteiger partial charge in [-0.05, 0) is 18.6 Å². The predicted molar refractivity (Wildman–Crippen MR) is 102 cm³/mol. The average Bonchev–Trinajstić information content (AvgIpc) is 3.23. The second-order valence-corrected chi connectivity index (χ2v) is 7.19. The molecule has 1 atom stereocenters. The van der Waals surface area contributed by atoms with Crippen molar-refractivity contribution in [3.8, 4) is 11.6 Å². The molecule has 0 bridgehead atoms. The molecule has 3 aromatic rings. The van der Waals surface area contributed by atoms with Crippen molar-refractivity contribution >= 4 is 27.5 Å². The quantitative estimate of drug-likeness (QED) is 0.727. The topological polar surface area (TPSA) is 82.6 Å². The van der Waals surface area contributed by atoms with Crippen LogP contribution in [0.25, 0.3) is 10.2 Å². The van der Waals surface area contributed by atoms with Gasteiger partial charge in [0.15, 0.2) is 5.82 Å². The third kappa shape index (κ3) is 3.11. The highest BCUT2D eigenvalue weighted by atomic mass is 32.1. The number of rotatable bonds is 5. The summed E-state index contributed by atoms with van der Waals surface area (Å²) in [5.41, 5.74) is 1.80. The molecule has 0 saturated heterocycles. The van der Waals surface area contributed by atoms with Crippen molar-refractivity contribution in [2.75, 3.05) is 20.8 Å². The monoisotopic (exact) mass is 385 g/mol. The van der Waals surface area contributed by atoms with E-state index in [1.807, 2.05) is 31.2 Å². The van der Waals surface area contributed by atoms with Crippen LogP contribution in [-0.4, -0.2) is 36.7 Å². The van der Waals surface area contributed by atoms with Crippen LogP contribution in [0.3, 0.4) is 0 Å². The molecule has 1 N–H and O–H groups in total. The molecule has 140 valence electrons. The second kappa shape index (κ2) is 7.13. The Morgan fingerprint density at radius 1 is 1.33 bits per heavy atom. The molecule has 27 heavy (non-hydrogen) atoms. The Hall–Kier alpha value is -2.71. The van der Waals surface area contributed by atoms with E-state index in [0.717, 1.165) is 22.3 Å². The first-order valence-electron chi connectivity index (χ1n) is 8.48. The second-order valence-electron chi connectivity index (χ2n) is 6.19. The lowest BCUT2D eigenvalue weighted by molar-refractivity contribution is 0.0934. The van der Waals surface area contributed by atoms with E-state index in [1.165, 1.54) is 11.3 Å². The summed E-state index contributed by atoms with van der Waals surface area (Å²) in [4.78, 5) is 23.1. The van der Waals surface area contributed by atoms with Crippen LogP contribution >= 0.6 is 11.3 Å². The molecule has 4 rings (SSSR count). The number of carbonyl (C=O) groups excluding carboxylic acids is 1. The molecule has 2 aromatic heterocycles. The third-order valence-corrected chi connectivity index (χ3v) is 5.67. The number of fused-ring (bicyclic) bond motifs is 2. The third-order valence-electron chi connectivity index (χ3n) is 4.48. The minimum absolute atomic E-state index is 0.156. The van der Waals surface area contributed by atoms with E-state index >= 15 is 0 Å². The van der Waals surface area contributed by atoms with E-state index < -0.39 is 0 Å². The standard InChI is InChI=1S/C19H19N3O4S/c1-10-15-18(25-3)21-14(9-24-2)22-19(15)27-16(10)17(23)20-12-8-26-13-7-5-4-6-11(12)13/h4-7,12H,8-9H2,1-3H3,(H,20,23)/t12-/m0/s1. The van der Waals surface area contributed by atoms with E-state index in [1.54, 1.807) is 14.2 Å². The zero-order valence-electron chi connectivity index (χ0n) is 15.2. The number of hydrogen-bond donors (Lipinski definition) is 1. The first-order chi connectivity index (χ1) is 13.1. The summed E-state index contributed by atoms with van der Waals surface area (Å²) >= 11 is 1.33. The van der Waals surface area contributed by atoms with Gasteiger partial charge in [-0.25, -0.2) is 4.98 Å². The molecule has 0 aliphatic carbocycles. The molecule has 3 heterocycles. The molecular formula is C19H19N3O4S. The van der Waals surface area contributed by atoms with E-state index in [-0.39, 0.29) is 18.6 Å². The fourth-order valence-electron chi connectivity index (χ4n) is 3.21. The maximum Gasteiger partial charge on any atom is 0.262 e. The van der Waals surface area contributed by atoms with Crippen LogP contribution in [-0.2, 0) is 11.3 Å². The molecule has 0 spiro atoms. The number of benzene rings is 1. The van der Waals surface area contributed by atoms with Crippen LogP contribution in [0.15, 0.2) is 24.3 Å². The van der Waals surface area contributed by atoms with Crippen LogP contribution in [0.2, 0.25) is 0 Å². The van der Waals surface area contributed by atoms with Crippen molar-refractivity contribution in [2.24, 2.45) is 0 Å². The van der Waals surface area contributed by atoms with Crippen LogP contribution in [0.1, 0.15) is 32.7 Å². The molecule has 0 radical (unpaired) electrons. The molecule has 0 unspecified atom stereocenters. The number of ether oxygens (including phenoxy) is 3. The summed E-state index contributed by atoms with van der Waals surface area (Å²) in [6, 6.07) is 7.56. The van der Waals surface area contributed by atoms with E-state index in [9.17, 15) is 4.79 Å². The highest BCUT2D eigenvalue weighted by Crippen LogP contribution is 2.36. The molecule has 1 aromatic carbocycles. The molecule has 0 fully saturated rings. The van der Waals surface area contributed by atoms with E-state index in [2.05, 4.69) is 15.3 Å². The number of para-hydroxylation sites is 1. The van der Waals surface area contributed by atoms with Crippen molar-refractivity contribution in [2.45, 2.75) is 19.6 Å². The predicted octanol–water partition coefficient (Wildman–Crippen LogP) is 3.02. The molecule has 7 nitrogen and oxygen atoms in total. The number of hydrogen-bond acceptors (Lipinski definition) is 7. The molecule has 8 heteroatoms. The van der Waals surface area contributed by atoms with E-state index in [0.29, 0.717) is 28.0 Å². The first kappa shape index (κ1) is 17.7. The number of amides is 1. The lowest BCUT2D eigenvalue weighted by atomic mass is 10.1. The van der Waals surface area contributed by atoms with Crippen molar-refractivity contribution in [3.63, 3.8) is 0 Å². The Bertz CT molecular complexity index is 1020. The van der Waals surface area contributed by atoms with Gasteiger partial charge < -0.3 is 19.5 Å². The van der Waals surface area contributed by atoms with Crippen LogP contribution in [0.5, 0.6) is 11.6 Å². The summed E-state index contributed by atoms with van der Waals surface area (Å²) < 4.78 is 16.2. The zero-order chi connectivity index (χ0) is 19.0. The summed E-state index contributed by atoms with van der Waals surface area (Å²) in [6.45, 7) is 2.59. The molecule has 1 amide bonds. The summed E-state index contributed by atoms with van der Waals surface area (Å²) in [5, 5.41) is 3.82. The Balaban J connectivity index is 1.67. The fourth-order valence-corrected chi connectivity index (χ4v) is 4.30. The van der Waals surface area contributed by atoms with Gasteiger partial charge in [-0.2, -0.15) is 4.98 Å². The summed E-state index contributed by atoms with van der Waals surface area (Å²) in [6.07, 6.45) is 0. The number of nitrogens with zero attached hydrogens (tertiary/aromatic N) is 2. The van der Waals surface area contributed by atoms with Crippen LogP contribution < -0.4 is 14.8 Å². The van der Waals surface area contributed by atoms with Crippen molar-refractivity contribution < 1.29 is 19.0 Å².